The van der Waals surface area contributed by atoms with Gasteiger partial charge in [0.05, 0.1) is 0 Å². The highest BCUT2D eigenvalue weighted by molar-refractivity contribution is 6.99. The number of hydrogen-bond acceptors (Lipinski definition) is 2. The molecular formula is C38H34BNO. The van der Waals surface area contributed by atoms with Gasteiger partial charge in [-0.3, -0.25) is 0 Å². The van der Waals surface area contributed by atoms with Gasteiger partial charge in [0.2, 0.25) is 0 Å². The molecule has 2 aliphatic heterocycles. The maximum absolute atomic E-state index is 6.49. The van der Waals surface area contributed by atoms with Crippen LogP contribution < -0.4 is 26.0 Å². The first-order chi connectivity index (χ1) is 20.3. The zero-order valence-electron chi connectivity index (χ0n) is 24.1. The van der Waals surface area contributed by atoms with Gasteiger partial charge in [-0.2, -0.15) is 0 Å². The molecule has 0 atom stereocenters. The number of para-hydroxylation sites is 1. The summed E-state index contributed by atoms with van der Waals surface area (Å²) in [5, 5.41) is 0. The molecule has 5 aromatic carbocycles. The minimum Gasteiger partial charge on any atom is -0.458 e. The molecule has 2 nitrogen and oxygen atoms in total. The number of anilines is 3. The summed E-state index contributed by atoms with van der Waals surface area (Å²) in [6.07, 6.45) is 6.40. The Morgan fingerprint density at radius 3 is 2.15 bits per heavy atom. The van der Waals surface area contributed by atoms with Crippen LogP contribution in [0.3, 0.4) is 0 Å². The van der Waals surface area contributed by atoms with E-state index in [1.165, 1.54) is 50.0 Å². The molecule has 0 radical (unpaired) electrons. The van der Waals surface area contributed by atoms with Crippen LogP contribution in [0.1, 0.15) is 33.3 Å². The van der Waals surface area contributed by atoms with Crippen molar-refractivity contribution in [2.24, 2.45) is 0 Å². The van der Waals surface area contributed by atoms with E-state index in [1.54, 1.807) is 0 Å². The SMILES string of the molecule is C/C=C\C(=C/C)c1ccc(N2c3ccc(-c4ccccc4)cc3B3c4ccccc4Oc4cccc2c43)cc1.CC. The van der Waals surface area contributed by atoms with E-state index < -0.39 is 0 Å². The number of nitrogens with zero attached hydrogens (tertiary/aromatic N) is 1. The number of rotatable bonds is 4. The summed E-state index contributed by atoms with van der Waals surface area (Å²) in [6.45, 7) is 8.24. The number of ether oxygens (including phenoxy) is 1. The average molecular weight is 532 g/mol. The molecule has 0 aliphatic carbocycles. The van der Waals surface area contributed by atoms with E-state index in [9.17, 15) is 0 Å². The highest BCUT2D eigenvalue weighted by atomic mass is 16.5. The van der Waals surface area contributed by atoms with E-state index in [0.29, 0.717) is 0 Å². The highest BCUT2D eigenvalue weighted by Crippen LogP contribution is 2.41. The van der Waals surface area contributed by atoms with Gasteiger partial charge in [0.25, 0.3) is 6.71 Å². The minimum atomic E-state index is 0.0969. The third kappa shape index (κ3) is 4.58. The van der Waals surface area contributed by atoms with Gasteiger partial charge in [0.15, 0.2) is 0 Å². The van der Waals surface area contributed by atoms with Gasteiger partial charge in [-0.05, 0) is 88.9 Å². The van der Waals surface area contributed by atoms with Gasteiger partial charge in [-0.25, -0.2) is 0 Å². The second kappa shape index (κ2) is 11.4. The van der Waals surface area contributed by atoms with Crippen molar-refractivity contribution in [1.29, 1.82) is 0 Å². The maximum atomic E-state index is 6.49. The van der Waals surface area contributed by atoms with E-state index in [2.05, 4.69) is 152 Å². The molecule has 0 spiro atoms. The van der Waals surface area contributed by atoms with Crippen LogP contribution in [0.4, 0.5) is 17.1 Å². The Bertz CT molecular complexity index is 1750. The van der Waals surface area contributed by atoms with Gasteiger partial charge in [0, 0.05) is 17.1 Å². The molecule has 2 heterocycles. The van der Waals surface area contributed by atoms with Gasteiger partial charge >= 0.3 is 0 Å². The third-order valence-electron chi connectivity index (χ3n) is 7.83. The molecule has 41 heavy (non-hydrogen) atoms. The van der Waals surface area contributed by atoms with Crippen LogP contribution in [0.25, 0.3) is 16.7 Å². The van der Waals surface area contributed by atoms with Gasteiger partial charge in [-0.1, -0.05) is 111 Å². The van der Waals surface area contributed by atoms with Crippen molar-refractivity contribution in [3.8, 4) is 22.6 Å². The second-order valence-electron chi connectivity index (χ2n) is 10.0. The van der Waals surface area contributed by atoms with E-state index >= 15 is 0 Å². The van der Waals surface area contributed by atoms with Gasteiger partial charge in [-0.15, -0.1) is 0 Å². The Hall–Kier alpha value is -4.76. The largest absolute Gasteiger partial charge is 0.458 e. The molecule has 0 N–H and O–H groups in total. The van der Waals surface area contributed by atoms with Crippen molar-refractivity contribution >= 4 is 45.7 Å². The van der Waals surface area contributed by atoms with E-state index in [1.807, 2.05) is 13.8 Å². The van der Waals surface area contributed by atoms with E-state index in [4.69, 9.17) is 4.74 Å². The zero-order chi connectivity index (χ0) is 28.3. The molecule has 3 heteroatoms. The molecular weight excluding hydrogens is 497 g/mol. The Labute approximate surface area is 244 Å². The summed E-state index contributed by atoms with van der Waals surface area (Å²) in [4.78, 5) is 2.39. The smallest absolute Gasteiger partial charge is 0.256 e. The Morgan fingerprint density at radius 2 is 1.39 bits per heavy atom. The minimum absolute atomic E-state index is 0.0969. The third-order valence-corrected chi connectivity index (χ3v) is 7.83. The van der Waals surface area contributed by atoms with Crippen LogP contribution in [0.15, 0.2) is 133 Å². The molecule has 0 unspecified atom stereocenters. The number of benzene rings is 5. The van der Waals surface area contributed by atoms with Gasteiger partial charge < -0.3 is 9.64 Å². The van der Waals surface area contributed by atoms with E-state index in [0.717, 1.165) is 17.2 Å². The molecule has 0 aromatic heterocycles. The lowest BCUT2D eigenvalue weighted by Gasteiger charge is -2.40. The molecule has 0 saturated carbocycles. The summed E-state index contributed by atoms with van der Waals surface area (Å²) in [7, 11) is 0. The number of allylic oxidation sites excluding steroid dienone is 4. The molecule has 200 valence electrons. The summed E-state index contributed by atoms with van der Waals surface area (Å²) in [5.41, 5.74) is 12.1. The van der Waals surface area contributed by atoms with E-state index in [-0.39, 0.29) is 6.71 Å². The fourth-order valence-electron chi connectivity index (χ4n) is 6.06. The quantitative estimate of drug-likeness (QED) is 0.166. The Morgan fingerprint density at radius 1 is 0.659 bits per heavy atom. The van der Waals surface area contributed by atoms with Crippen LogP contribution in [0, 0.1) is 0 Å². The lowest BCUT2D eigenvalue weighted by molar-refractivity contribution is 0.487. The standard InChI is InChI=1S/C36H28BNO.C2H6/c1-3-11-25(4-2)27-18-21-29(22-19-27)38-32-23-20-28(26-12-6-5-7-13-26)24-31(32)37-30-14-8-9-16-34(30)39-35-17-10-15-33(38)36(35)37;1-2/h3-24H,1-2H3;1-2H3/b11-3-,25-4+;. The Kier molecular flexibility index (Phi) is 7.35. The Balaban J connectivity index is 0.00000148. The normalized spacial score (nSPS) is 13.0. The summed E-state index contributed by atoms with van der Waals surface area (Å²) in [5.74, 6) is 1.86. The first-order valence-electron chi connectivity index (χ1n) is 14.6. The van der Waals surface area contributed by atoms with Crippen molar-refractivity contribution in [3.05, 3.63) is 139 Å². The van der Waals surface area contributed by atoms with Crippen molar-refractivity contribution < 1.29 is 4.74 Å². The number of fused-ring (bicyclic) bond motifs is 4. The predicted octanol–water partition coefficient (Wildman–Crippen LogP) is 8.76. The molecule has 0 bridgehead atoms. The summed E-state index contributed by atoms with van der Waals surface area (Å²) < 4.78 is 6.49. The fourth-order valence-corrected chi connectivity index (χ4v) is 6.06. The fraction of sp³-hybridized carbons (Fsp3) is 0.105. The lowest BCUT2D eigenvalue weighted by Crippen LogP contribution is -2.59. The van der Waals surface area contributed by atoms with Crippen LogP contribution >= 0.6 is 0 Å². The lowest BCUT2D eigenvalue weighted by atomic mass is 9.34. The van der Waals surface area contributed by atoms with Crippen molar-refractivity contribution in [2.75, 3.05) is 4.90 Å². The molecule has 0 fully saturated rings. The van der Waals surface area contributed by atoms with Crippen LogP contribution in [-0.4, -0.2) is 6.71 Å². The monoisotopic (exact) mass is 531 g/mol. The summed E-state index contributed by atoms with van der Waals surface area (Å²) >= 11 is 0. The molecule has 7 rings (SSSR count). The van der Waals surface area contributed by atoms with Crippen LogP contribution in [-0.2, 0) is 0 Å². The molecule has 0 saturated heterocycles. The molecule has 2 aliphatic rings. The first kappa shape index (κ1) is 26.5. The van der Waals surface area contributed by atoms with Gasteiger partial charge in [0.1, 0.15) is 11.5 Å². The molecule has 0 amide bonds. The second-order valence-corrected chi connectivity index (χ2v) is 10.0. The predicted molar refractivity (Wildman–Crippen MR) is 178 cm³/mol. The zero-order valence-corrected chi connectivity index (χ0v) is 24.1. The summed E-state index contributed by atoms with van der Waals surface area (Å²) in [6, 6.07) is 41.4. The topological polar surface area (TPSA) is 12.5 Å². The average Bonchev–Trinajstić information content (AvgIpc) is 3.05. The number of hydrogen-bond donors (Lipinski definition) is 0. The first-order valence-corrected chi connectivity index (χ1v) is 14.6. The van der Waals surface area contributed by atoms with Crippen LogP contribution in [0.5, 0.6) is 11.5 Å². The molecule has 5 aromatic rings. The van der Waals surface area contributed by atoms with Crippen molar-refractivity contribution in [3.63, 3.8) is 0 Å². The van der Waals surface area contributed by atoms with Crippen molar-refractivity contribution in [1.82, 2.24) is 0 Å². The maximum Gasteiger partial charge on any atom is 0.256 e. The highest BCUT2D eigenvalue weighted by Gasteiger charge is 2.41. The van der Waals surface area contributed by atoms with Crippen LogP contribution in [0.2, 0.25) is 0 Å². The van der Waals surface area contributed by atoms with Crippen molar-refractivity contribution in [2.45, 2.75) is 27.7 Å².